The second kappa shape index (κ2) is 7.22. The minimum Gasteiger partial charge on any atom is -0.349 e. The number of rotatable bonds is 3. The summed E-state index contributed by atoms with van der Waals surface area (Å²) in [4.78, 5) is 12.0. The van der Waals surface area contributed by atoms with Crippen LogP contribution in [0.1, 0.15) is 29.6 Å². The van der Waals surface area contributed by atoms with Gasteiger partial charge in [0.25, 0.3) is 5.91 Å². The van der Waals surface area contributed by atoms with Gasteiger partial charge in [0.15, 0.2) is 0 Å². The monoisotopic (exact) mass is 350 g/mol. The Morgan fingerprint density at radius 1 is 1.42 bits per heavy atom. The number of hydrogen-bond acceptors (Lipinski definition) is 2. The lowest BCUT2D eigenvalue weighted by Crippen LogP contribution is -2.39. The zero-order valence-electron chi connectivity index (χ0n) is 10.4. The van der Waals surface area contributed by atoms with Crippen molar-refractivity contribution in [2.45, 2.75) is 25.3 Å². The van der Waals surface area contributed by atoms with Gasteiger partial charge in [-0.25, -0.2) is 4.39 Å². The van der Waals surface area contributed by atoms with Crippen LogP contribution in [0.4, 0.5) is 4.39 Å². The Bertz CT molecular complexity index is 438. The van der Waals surface area contributed by atoms with Crippen LogP contribution >= 0.6 is 28.3 Å². The highest BCUT2D eigenvalue weighted by atomic mass is 79.9. The third-order valence-corrected chi connectivity index (χ3v) is 3.86. The van der Waals surface area contributed by atoms with Crippen molar-refractivity contribution >= 4 is 34.2 Å². The molecule has 0 spiro atoms. The lowest BCUT2D eigenvalue weighted by Gasteiger charge is -2.19. The highest BCUT2D eigenvalue weighted by molar-refractivity contribution is 9.10. The van der Waals surface area contributed by atoms with Gasteiger partial charge < -0.3 is 11.1 Å². The van der Waals surface area contributed by atoms with E-state index in [1.165, 1.54) is 12.1 Å². The predicted octanol–water partition coefficient (Wildman–Crippen LogP) is 2.87. The molecule has 3 nitrogen and oxygen atoms in total. The first-order valence-corrected chi connectivity index (χ1v) is 6.86. The molecule has 0 bridgehead atoms. The molecule has 3 N–H and O–H groups in total. The number of carbonyl (C=O) groups excluding carboxylic acids is 1. The third-order valence-electron chi connectivity index (χ3n) is 3.40. The maximum Gasteiger partial charge on any atom is 0.251 e. The van der Waals surface area contributed by atoms with E-state index in [1.807, 2.05) is 0 Å². The first-order valence-electron chi connectivity index (χ1n) is 6.07. The minimum absolute atomic E-state index is 0. The molecule has 1 aromatic carbocycles. The van der Waals surface area contributed by atoms with Gasteiger partial charge in [0.05, 0.1) is 0 Å². The van der Waals surface area contributed by atoms with Crippen LogP contribution in [0.2, 0.25) is 0 Å². The summed E-state index contributed by atoms with van der Waals surface area (Å²) in [5.74, 6) is -0.317. The SMILES string of the molecule is Cl.NCC1CCCC1NC(=O)c1cc(F)cc(Br)c1. The molecular formula is C13H17BrClFN2O. The first-order chi connectivity index (χ1) is 8.60. The molecule has 0 saturated heterocycles. The van der Waals surface area contributed by atoms with Gasteiger partial charge in [0.1, 0.15) is 5.82 Å². The number of nitrogens with one attached hydrogen (secondary N) is 1. The predicted molar refractivity (Wildman–Crippen MR) is 79.0 cm³/mol. The van der Waals surface area contributed by atoms with Gasteiger partial charge in [-0.15, -0.1) is 12.4 Å². The highest BCUT2D eigenvalue weighted by Gasteiger charge is 2.27. The maximum atomic E-state index is 13.2. The van der Waals surface area contributed by atoms with Crippen LogP contribution in [0.25, 0.3) is 0 Å². The van der Waals surface area contributed by atoms with Gasteiger partial charge in [0.2, 0.25) is 0 Å². The molecule has 1 aromatic rings. The van der Waals surface area contributed by atoms with Gasteiger partial charge in [0, 0.05) is 16.1 Å². The average Bonchev–Trinajstić information content (AvgIpc) is 2.75. The number of halogens is 3. The summed E-state index contributed by atoms with van der Waals surface area (Å²) in [5, 5.41) is 2.94. The molecule has 106 valence electrons. The highest BCUT2D eigenvalue weighted by Crippen LogP contribution is 2.25. The molecule has 2 rings (SSSR count). The van der Waals surface area contributed by atoms with Crippen LogP contribution in [0.3, 0.4) is 0 Å². The van der Waals surface area contributed by atoms with Gasteiger partial charge in [-0.05, 0) is 43.5 Å². The van der Waals surface area contributed by atoms with E-state index in [0.717, 1.165) is 19.3 Å². The summed E-state index contributed by atoms with van der Waals surface area (Å²) in [6, 6.07) is 4.30. The summed E-state index contributed by atoms with van der Waals surface area (Å²) in [6.07, 6.45) is 3.08. The van der Waals surface area contributed by atoms with Crippen molar-refractivity contribution in [3.8, 4) is 0 Å². The van der Waals surface area contributed by atoms with E-state index in [1.54, 1.807) is 6.07 Å². The minimum atomic E-state index is -0.420. The first kappa shape index (κ1) is 16.4. The van der Waals surface area contributed by atoms with Gasteiger partial charge in [-0.3, -0.25) is 4.79 Å². The van der Waals surface area contributed by atoms with Crippen molar-refractivity contribution in [2.75, 3.05) is 6.54 Å². The van der Waals surface area contributed by atoms with Crippen molar-refractivity contribution in [1.82, 2.24) is 5.32 Å². The van der Waals surface area contributed by atoms with Gasteiger partial charge in [-0.2, -0.15) is 0 Å². The quantitative estimate of drug-likeness (QED) is 0.880. The summed E-state index contributed by atoms with van der Waals surface area (Å²) in [7, 11) is 0. The van der Waals surface area contributed by atoms with E-state index in [2.05, 4.69) is 21.2 Å². The van der Waals surface area contributed by atoms with E-state index in [0.29, 0.717) is 22.5 Å². The number of carbonyl (C=O) groups is 1. The largest absolute Gasteiger partial charge is 0.349 e. The Kier molecular flexibility index (Phi) is 6.23. The molecule has 1 aliphatic carbocycles. The van der Waals surface area contributed by atoms with Gasteiger partial charge >= 0.3 is 0 Å². The zero-order chi connectivity index (χ0) is 13.1. The summed E-state index contributed by atoms with van der Waals surface area (Å²) < 4.78 is 13.8. The molecule has 1 saturated carbocycles. The molecule has 1 aliphatic rings. The fourth-order valence-corrected chi connectivity index (χ4v) is 2.91. The molecular weight excluding hydrogens is 335 g/mol. The summed E-state index contributed by atoms with van der Waals surface area (Å²) in [5.41, 5.74) is 6.01. The molecule has 19 heavy (non-hydrogen) atoms. The Hall–Kier alpha value is -0.650. The van der Waals surface area contributed by atoms with Crippen LogP contribution in [0, 0.1) is 11.7 Å². The van der Waals surface area contributed by atoms with Crippen molar-refractivity contribution in [3.05, 3.63) is 34.1 Å². The van der Waals surface area contributed by atoms with Crippen LogP contribution in [0.5, 0.6) is 0 Å². The normalized spacial score (nSPS) is 21.8. The number of nitrogens with two attached hydrogens (primary N) is 1. The second-order valence-corrected chi connectivity index (χ2v) is 5.58. The standard InChI is InChI=1S/C13H16BrFN2O.ClH/c14-10-4-9(5-11(15)6-10)13(18)17-12-3-1-2-8(12)7-16;/h4-6,8,12H,1-3,7,16H2,(H,17,18);1H. The summed E-state index contributed by atoms with van der Waals surface area (Å²) >= 11 is 3.18. The average molecular weight is 352 g/mol. The van der Waals surface area contributed by atoms with E-state index in [4.69, 9.17) is 5.73 Å². The molecule has 0 aliphatic heterocycles. The Morgan fingerprint density at radius 3 is 2.79 bits per heavy atom. The topological polar surface area (TPSA) is 55.1 Å². The fraction of sp³-hybridized carbons (Fsp3) is 0.462. The van der Waals surface area contributed by atoms with Crippen molar-refractivity contribution in [3.63, 3.8) is 0 Å². The second-order valence-electron chi connectivity index (χ2n) is 4.66. The van der Waals surface area contributed by atoms with Crippen LogP contribution in [-0.2, 0) is 0 Å². The molecule has 2 unspecified atom stereocenters. The van der Waals surface area contributed by atoms with Crippen LogP contribution in [0.15, 0.2) is 22.7 Å². The molecule has 1 amide bonds. The molecule has 0 heterocycles. The Labute approximate surface area is 126 Å². The Morgan fingerprint density at radius 2 is 2.16 bits per heavy atom. The number of benzene rings is 1. The molecule has 0 aromatic heterocycles. The smallest absolute Gasteiger partial charge is 0.251 e. The molecule has 1 fully saturated rings. The van der Waals surface area contributed by atoms with Crippen LogP contribution < -0.4 is 11.1 Å². The van der Waals surface area contributed by atoms with E-state index >= 15 is 0 Å². The fourth-order valence-electron chi connectivity index (χ4n) is 2.45. The molecule has 2 atom stereocenters. The van der Waals surface area contributed by atoms with Crippen molar-refractivity contribution in [2.24, 2.45) is 11.7 Å². The number of amides is 1. The van der Waals surface area contributed by atoms with E-state index < -0.39 is 5.82 Å². The lowest BCUT2D eigenvalue weighted by atomic mass is 10.0. The van der Waals surface area contributed by atoms with Crippen molar-refractivity contribution in [1.29, 1.82) is 0 Å². The van der Waals surface area contributed by atoms with Gasteiger partial charge in [-0.1, -0.05) is 22.4 Å². The molecule has 0 radical (unpaired) electrons. The van der Waals surface area contributed by atoms with E-state index in [9.17, 15) is 9.18 Å². The van der Waals surface area contributed by atoms with E-state index in [-0.39, 0.29) is 24.4 Å². The van der Waals surface area contributed by atoms with Crippen LogP contribution in [-0.4, -0.2) is 18.5 Å². The lowest BCUT2D eigenvalue weighted by molar-refractivity contribution is 0.0928. The number of hydrogen-bond donors (Lipinski definition) is 2. The maximum absolute atomic E-state index is 13.2. The van der Waals surface area contributed by atoms with Crippen molar-refractivity contribution < 1.29 is 9.18 Å². The summed E-state index contributed by atoms with van der Waals surface area (Å²) in [6.45, 7) is 0.581. The third kappa shape index (κ3) is 4.16. The Balaban J connectivity index is 0.00000180. The zero-order valence-corrected chi connectivity index (χ0v) is 12.8. The molecule has 6 heteroatoms.